The molecule has 0 atom stereocenters. The van der Waals surface area contributed by atoms with Gasteiger partial charge in [0, 0.05) is 43.6 Å². The largest absolute Gasteiger partial charge is 0.497 e. The lowest BCUT2D eigenvalue weighted by molar-refractivity contribution is -0.128. The summed E-state index contributed by atoms with van der Waals surface area (Å²) in [7, 11) is 1.64. The second kappa shape index (κ2) is 7.85. The molecular formula is C23H25FN2O3. The third-order valence-electron chi connectivity index (χ3n) is 6.12. The van der Waals surface area contributed by atoms with E-state index in [2.05, 4.69) is 0 Å². The van der Waals surface area contributed by atoms with Gasteiger partial charge in [-0.25, -0.2) is 4.39 Å². The van der Waals surface area contributed by atoms with Crippen LogP contribution in [0.3, 0.4) is 0 Å². The van der Waals surface area contributed by atoms with E-state index in [1.54, 1.807) is 7.11 Å². The average Bonchev–Trinajstić information content (AvgIpc) is 3.03. The van der Waals surface area contributed by atoms with Crippen LogP contribution in [0.4, 0.5) is 4.39 Å². The summed E-state index contributed by atoms with van der Waals surface area (Å²) < 4.78 is 18.4. The average molecular weight is 396 g/mol. The van der Waals surface area contributed by atoms with Crippen molar-refractivity contribution < 1.29 is 18.7 Å². The van der Waals surface area contributed by atoms with E-state index >= 15 is 0 Å². The fraction of sp³-hybridized carbons (Fsp3) is 0.391. The van der Waals surface area contributed by atoms with Gasteiger partial charge in [-0.3, -0.25) is 9.59 Å². The molecular weight excluding hydrogens is 371 g/mol. The Morgan fingerprint density at radius 2 is 1.86 bits per heavy atom. The summed E-state index contributed by atoms with van der Waals surface area (Å²) in [6, 6.07) is 13.5. The van der Waals surface area contributed by atoms with Crippen LogP contribution in [0.2, 0.25) is 0 Å². The molecule has 2 aromatic carbocycles. The van der Waals surface area contributed by atoms with Gasteiger partial charge < -0.3 is 14.5 Å². The lowest BCUT2D eigenvalue weighted by Gasteiger charge is -2.38. The summed E-state index contributed by atoms with van der Waals surface area (Å²) in [5, 5.41) is 0. The van der Waals surface area contributed by atoms with Gasteiger partial charge in [-0.05, 0) is 54.8 Å². The SMILES string of the molecule is COc1cccc(CN2CC3(CCN(C(=O)c4ccc(F)cc4)CC3)CC2=O)c1. The number of ether oxygens (including phenoxy) is 1. The number of carbonyl (C=O) groups excluding carboxylic acids is 2. The van der Waals surface area contributed by atoms with E-state index in [-0.39, 0.29) is 23.0 Å². The molecule has 1 spiro atoms. The molecule has 152 valence electrons. The third kappa shape index (κ3) is 4.11. The maximum absolute atomic E-state index is 13.1. The molecule has 2 aliphatic rings. The second-order valence-electron chi connectivity index (χ2n) is 8.08. The van der Waals surface area contributed by atoms with E-state index in [9.17, 15) is 14.0 Å². The summed E-state index contributed by atoms with van der Waals surface area (Å²) >= 11 is 0. The Morgan fingerprint density at radius 3 is 2.55 bits per heavy atom. The lowest BCUT2D eigenvalue weighted by Crippen LogP contribution is -2.44. The highest BCUT2D eigenvalue weighted by atomic mass is 19.1. The quantitative estimate of drug-likeness (QED) is 0.795. The lowest BCUT2D eigenvalue weighted by atomic mass is 9.77. The zero-order chi connectivity index (χ0) is 20.4. The molecule has 2 amide bonds. The number of likely N-dealkylation sites (tertiary alicyclic amines) is 2. The molecule has 0 saturated carbocycles. The summed E-state index contributed by atoms with van der Waals surface area (Å²) in [5.74, 6) is 0.541. The Balaban J connectivity index is 1.37. The van der Waals surface area contributed by atoms with Crippen LogP contribution in [-0.2, 0) is 11.3 Å². The molecule has 6 heteroatoms. The second-order valence-corrected chi connectivity index (χ2v) is 8.08. The Bertz CT molecular complexity index is 905. The minimum atomic E-state index is -0.347. The van der Waals surface area contributed by atoms with Crippen LogP contribution in [0.1, 0.15) is 35.2 Å². The highest BCUT2D eigenvalue weighted by molar-refractivity contribution is 5.94. The van der Waals surface area contributed by atoms with Gasteiger partial charge in [-0.1, -0.05) is 12.1 Å². The highest BCUT2D eigenvalue weighted by Gasteiger charge is 2.45. The molecule has 0 N–H and O–H groups in total. The van der Waals surface area contributed by atoms with Crippen molar-refractivity contribution in [3.05, 3.63) is 65.5 Å². The van der Waals surface area contributed by atoms with Crippen LogP contribution in [0, 0.1) is 11.2 Å². The van der Waals surface area contributed by atoms with E-state index in [0.29, 0.717) is 31.6 Å². The molecule has 0 aliphatic carbocycles. The van der Waals surface area contributed by atoms with E-state index in [1.807, 2.05) is 34.1 Å². The first-order valence-electron chi connectivity index (χ1n) is 9.94. The fourth-order valence-corrected chi connectivity index (χ4v) is 4.41. The topological polar surface area (TPSA) is 49.9 Å². The molecule has 2 fully saturated rings. The maximum atomic E-state index is 13.1. The number of carbonyl (C=O) groups is 2. The van der Waals surface area contributed by atoms with Crippen molar-refractivity contribution in [2.24, 2.45) is 5.41 Å². The molecule has 2 heterocycles. The molecule has 0 bridgehead atoms. The molecule has 4 rings (SSSR count). The molecule has 2 aromatic rings. The Labute approximate surface area is 170 Å². The van der Waals surface area contributed by atoms with Crippen molar-refractivity contribution in [1.82, 2.24) is 9.80 Å². The van der Waals surface area contributed by atoms with Gasteiger partial charge in [-0.2, -0.15) is 0 Å². The normalized spacial score (nSPS) is 18.3. The van der Waals surface area contributed by atoms with Crippen LogP contribution in [-0.4, -0.2) is 48.4 Å². The van der Waals surface area contributed by atoms with Crippen LogP contribution in [0.25, 0.3) is 0 Å². The summed E-state index contributed by atoms with van der Waals surface area (Å²) in [5.41, 5.74) is 1.50. The zero-order valence-electron chi connectivity index (χ0n) is 16.6. The van der Waals surface area contributed by atoms with Gasteiger partial charge in [0.05, 0.1) is 7.11 Å². The Hall–Kier alpha value is -2.89. The van der Waals surface area contributed by atoms with Crippen molar-refractivity contribution in [3.8, 4) is 5.75 Å². The highest BCUT2D eigenvalue weighted by Crippen LogP contribution is 2.41. The number of piperidine rings is 1. The number of nitrogens with zero attached hydrogens (tertiary/aromatic N) is 2. The van der Waals surface area contributed by atoms with Crippen LogP contribution in [0.5, 0.6) is 5.75 Å². The third-order valence-corrected chi connectivity index (χ3v) is 6.12. The van der Waals surface area contributed by atoms with Gasteiger partial charge in [0.15, 0.2) is 0 Å². The number of amides is 2. The predicted octanol–water partition coefficient (Wildman–Crippen LogP) is 3.49. The number of methoxy groups -OCH3 is 1. The first-order chi connectivity index (χ1) is 14.0. The number of benzene rings is 2. The molecule has 0 radical (unpaired) electrons. The van der Waals surface area contributed by atoms with Gasteiger partial charge in [-0.15, -0.1) is 0 Å². The molecule has 29 heavy (non-hydrogen) atoms. The smallest absolute Gasteiger partial charge is 0.253 e. The minimum absolute atomic E-state index is 0.0600. The molecule has 0 aromatic heterocycles. The van der Waals surface area contributed by atoms with E-state index in [4.69, 9.17) is 4.74 Å². The van der Waals surface area contributed by atoms with Crippen LogP contribution < -0.4 is 4.74 Å². The summed E-state index contributed by atoms with van der Waals surface area (Å²) in [6.07, 6.45) is 2.15. The van der Waals surface area contributed by atoms with Crippen molar-refractivity contribution in [1.29, 1.82) is 0 Å². The molecule has 2 aliphatic heterocycles. The summed E-state index contributed by atoms with van der Waals surface area (Å²) in [6.45, 7) is 2.55. The number of rotatable bonds is 4. The zero-order valence-corrected chi connectivity index (χ0v) is 16.6. The molecule has 0 unspecified atom stereocenters. The fourth-order valence-electron chi connectivity index (χ4n) is 4.41. The Morgan fingerprint density at radius 1 is 1.14 bits per heavy atom. The monoisotopic (exact) mass is 396 g/mol. The first kappa shape index (κ1) is 19.4. The van der Waals surface area contributed by atoms with Gasteiger partial charge >= 0.3 is 0 Å². The number of hydrogen-bond donors (Lipinski definition) is 0. The Kier molecular flexibility index (Phi) is 5.26. The van der Waals surface area contributed by atoms with Crippen molar-refractivity contribution in [2.75, 3.05) is 26.7 Å². The van der Waals surface area contributed by atoms with E-state index < -0.39 is 0 Å². The van der Waals surface area contributed by atoms with Gasteiger partial charge in [0.1, 0.15) is 11.6 Å². The summed E-state index contributed by atoms with van der Waals surface area (Å²) in [4.78, 5) is 29.0. The molecule has 5 nitrogen and oxygen atoms in total. The van der Waals surface area contributed by atoms with Crippen LogP contribution in [0.15, 0.2) is 48.5 Å². The van der Waals surface area contributed by atoms with E-state index in [1.165, 1.54) is 24.3 Å². The van der Waals surface area contributed by atoms with Crippen molar-refractivity contribution in [2.45, 2.75) is 25.8 Å². The standard InChI is InChI=1S/C23H25FN2O3/c1-29-20-4-2-3-17(13-20)15-26-16-23(14-21(26)27)9-11-25(12-10-23)22(28)18-5-7-19(24)8-6-18/h2-8,13H,9-12,14-16H2,1H3. The van der Waals surface area contributed by atoms with Crippen LogP contribution >= 0.6 is 0 Å². The number of halogens is 1. The van der Waals surface area contributed by atoms with E-state index in [0.717, 1.165) is 30.7 Å². The maximum Gasteiger partial charge on any atom is 0.253 e. The molecule has 2 saturated heterocycles. The minimum Gasteiger partial charge on any atom is -0.497 e. The van der Waals surface area contributed by atoms with Crippen molar-refractivity contribution >= 4 is 11.8 Å². The van der Waals surface area contributed by atoms with Gasteiger partial charge in [0.25, 0.3) is 5.91 Å². The first-order valence-corrected chi connectivity index (χ1v) is 9.94. The number of hydrogen-bond acceptors (Lipinski definition) is 3. The predicted molar refractivity (Wildman–Crippen MR) is 107 cm³/mol. The van der Waals surface area contributed by atoms with Gasteiger partial charge in [0.2, 0.25) is 5.91 Å². The van der Waals surface area contributed by atoms with Crippen molar-refractivity contribution in [3.63, 3.8) is 0 Å².